The second-order valence-electron chi connectivity index (χ2n) is 4.54. The highest BCUT2D eigenvalue weighted by atomic mass is 16.5. The monoisotopic (exact) mass is 248 g/mol. The maximum Gasteiger partial charge on any atom is 0.324 e. The first kappa shape index (κ1) is 12.9. The van der Waals surface area contributed by atoms with Gasteiger partial charge in [0.25, 0.3) is 0 Å². The fourth-order valence-corrected chi connectivity index (χ4v) is 2.36. The topological polar surface area (TPSA) is 55.6 Å². The zero-order chi connectivity index (χ0) is 13.0. The summed E-state index contributed by atoms with van der Waals surface area (Å²) in [7, 11) is 0. The van der Waals surface area contributed by atoms with Crippen LogP contribution in [0.1, 0.15) is 18.9 Å². The van der Waals surface area contributed by atoms with Crippen LogP contribution in [0.3, 0.4) is 0 Å². The van der Waals surface area contributed by atoms with Crippen molar-refractivity contribution in [3.63, 3.8) is 0 Å². The van der Waals surface area contributed by atoms with Crippen molar-refractivity contribution in [3.05, 3.63) is 29.8 Å². The first-order valence-electron chi connectivity index (χ1n) is 6.47. The van der Waals surface area contributed by atoms with Crippen LogP contribution in [-0.2, 0) is 16.0 Å². The van der Waals surface area contributed by atoms with Gasteiger partial charge >= 0.3 is 5.97 Å². The van der Waals surface area contributed by atoms with Crippen molar-refractivity contribution >= 4 is 11.7 Å². The minimum atomic E-state index is -0.573. The molecule has 0 spiro atoms. The van der Waals surface area contributed by atoms with E-state index in [0.717, 1.165) is 19.4 Å². The van der Waals surface area contributed by atoms with E-state index in [-0.39, 0.29) is 5.97 Å². The molecule has 0 saturated heterocycles. The summed E-state index contributed by atoms with van der Waals surface area (Å²) in [6.45, 7) is 3.64. The fraction of sp³-hybridized carbons (Fsp3) is 0.500. The van der Waals surface area contributed by atoms with E-state index < -0.39 is 6.04 Å². The highest BCUT2D eigenvalue weighted by Crippen LogP contribution is 2.26. The molecule has 0 aliphatic carbocycles. The number of benzene rings is 1. The van der Waals surface area contributed by atoms with Crippen molar-refractivity contribution < 1.29 is 9.53 Å². The molecule has 0 radical (unpaired) electrons. The zero-order valence-electron chi connectivity index (χ0n) is 10.8. The van der Waals surface area contributed by atoms with E-state index in [1.54, 1.807) is 6.92 Å². The van der Waals surface area contributed by atoms with Crippen LogP contribution in [0.4, 0.5) is 5.69 Å². The molecule has 1 aliphatic rings. The summed E-state index contributed by atoms with van der Waals surface area (Å²) in [4.78, 5) is 13.7. The normalized spacial score (nSPS) is 16.0. The SMILES string of the molecule is CCOC(=O)C(N)CN1CCCc2ccccc21. The molecule has 1 aromatic rings. The Hall–Kier alpha value is -1.55. The van der Waals surface area contributed by atoms with Gasteiger partial charge < -0.3 is 15.4 Å². The molecule has 1 heterocycles. The highest BCUT2D eigenvalue weighted by molar-refractivity contribution is 5.76. The summed E-state index contributed by atoms with van der Waals surface area (Å²) in [5.41, 5.74) is 8.41. The van der Waals surface area contributed by atoms with Gasteiger partial charge in [-0.05, 0) is 31.4 Å². The molecule has 1 aliphatic heterocycles. The Bertz CT molecular complexity index is 420. The Morgan fingerprint density at radius 3 is 3.06 bits per heavy atom. The summed E-state index contributed by atoms with van der Waals surface area (Å²) in [6.07, 6.45) is 2.20. The summed E-state index contributed by atoms with van der Waals surface area (Å²) < 4.78 is 4.94. The van der Waals surface area contributed by atoms with Crippen LogP contribution in [-0.4, -0.2) is 31.7 Å². The van der Waals surface area contributed by atoms with E-state index >= 15 is 0 Å². The predicted molar refractivity (Wildman–Crippen MR) is 71.6 cm³/mol. The predicted octanol–water partition coefficient (Wildman–Crippen LogP) is 1.33. The van der Waals surface area contributed by atoms with Gasteiger partial charge in [0.05, 0.1) is 6.61 Å². The van der Waals surface area contributed by atoms with Crippen LogP contribution in [0.15, 0.2) is 24.3 Å². The summed E-state index contributed by atoms with van der Waals surface area (Å²) in [5, 5.41) is 0. The maximum absolute atomic E-state index is 11.6. The van der Waals surface area contributed by atoms with Gasteiger partial charge in [0.1, 0.15) is 6.04 Å². The van der Waals surface area contributed by atoms with Gasteiger partial charge in [0, 0.05) is 18.8 Å². The first-order chi connectivity index (χ1) is 8.72. The Morgan fingerprint density at radius 1 is 1.50 bits per heavy atom. The number of hydrogen-bond donors (Lipinski definition) is 1. The van der Waals surface area contributed by atoms with Gasteiger partial charge in [-0.25, -0.2) is 0 Å². The van der Waals surface area contributed by atoms with E-state index in [0.29, 0.717) is 13.2 Å². The van der Waals surface area contributed by atoms with Crippen molar-refractivity contribution in [1.29, 1.82) is 0 Å². The van der Waals surface area contributed by atoms with Crippen LogP contribution in [0.25, 0.3) is 0 Å². The van der Waals surface area contributed by atoms with Crippen molar-refractivity contribution in [2.24, 2.45) is 5.73 Å². The molecule has 4 nitrogen and oxygen atoms in total. The molecule has 0 fully saturated rings. The number of para-hydroxylation sites is 1. The molecule has 0 amide bonds. The number of rotatable bonds is 4. The minimum Gasteiger partial charge on any atom is -0.465 e. The first-order valence-corrected chi connectivity index (χ1v) is 6.47. The number of fused-ring (bicyclic) bond motifs is 1. The van der Waals surface area contributed by atoms with Crippen LogP contribution in [0, 0.1) is 0 Å². The Morgan fingerprint density at radius 2 is 2.28 bits per heavy atom. The molecule has 1 unspecified atom stereocenters. The Balaban J connectivity index is 2.05. The maximum atomic E-state index is 11.6. The molecule has 98 valence electrons. The second-order valence-corrected chi connectivity index (χ2v) is 4.54. The van der Waals surface area contributed by atoms with Gasteiger partial charge in [0.15, 0.2) is 0 Å². The molecule has 1 atom stereocenters. The van der Waals surface area contributed by atoms with E-state index in [1.165, 1.54) is 11.3 Å². The van der Waals surface area contributed by atoms with Crippen LogP contribution >= 0.6 is 0 Å². The third kappa shape index (κ3) is 2.82. The van der Waals surface area contributed by atoms with Crippen LogP contribution < -0.4 is 10.6 Å². The smallest absolute Gasteiger partial charge is 0.324 e. The molecule has 18 heavy (non-hydrogen) atoms. The van der Waals surface area contributed by atoms with E-state index in [1.807, 2.05) is 12.1 Å². The largest absolute Gasteiger partial charge is 0.465 e. The standard InChI is InChI=1S/C14H20N2O2/c1-2-18-14(17)12(15)10-16-9-5-7-11-6-3-4-8-13(11)16/h3-4,6,8,12H,2,5,7,9-10,15H2,1H3. The molecular weight excluding hydrogens is 228 g/mol. The second kappa shape index (κ2) is 5.87. The average molecular weight is 248 g/mol. The fourth-order valence-electron chi connectivity index (χ4n) is 2.36. The number of aryl methyl sites for hydroxylation is 1. The molecule has 0 saturated carbocycles. The number of anilines is 1. The summed E-state index contributed by atoms with van der Waals surface area (Å²) >= 11 is 0. The number of ether oxygens (including phenoxy) is 1. The Kier molecular flexibility index (Phi) is 4.20. The van der Waals surface area contributed by atoms with E-state index in [9.17, 15) is 4.79 Å². The molecule has 0 bridgehead atoms. The van der Waals surface area contributed by atoms with Gasteiger partial charge in [-0.2, -0.15) is 0 Å². The van der Waals surface area contributed by atoms with Crippen molar-refractivity contribution in [1.82, 2.24) is 0 Å². The van der Waals surface area contributed by atoms with Gasteiger partial charge in [-0.15, -0.1) is 0 Å². The number of nitrogens with zero attached hydrogens (tertiary/aromatic N) is 1. The molecule has 0 aromatic heterocycles. The lowest BCUT2D eigenvalue weighted by atomic mass is 10.0. The van der Waals surface area contributed by atoms with Crippen molar-refractivity contribution in [2.75, 3.05) is 24.6 Å². The van der Waals surface area contributed by atoms with E-state index in [4.69, 9.17) is 10.5 Å². The third-order valence-electron chi connectivity index (χ3n) is 3.21. The van der Waals surface area contributed by atoms with Crippen molar-refractivity contribution in [3.8, 4) is 0 Å². The van der Waals surface area contributed by atoms with Gasteiger partial charge in [-0.3, -0.25) is 4.79 Å². The van der Waals surface area contributed by atoms with E-state index in [2.05, 4.69) is 17.0 Å². The number of carbonyl (C=O) groups excluding carboxylic acids is 1. The van der Waals surface area contributed by atoms with Gasteiger partial charge in [-0.1, -0.05) is 18.2 Å². The number of nitrogens with two attached hydrogens (primary N) is 1. The lowest BCUT2D eigenvalue weighted by Gasteiger charge is -2.32. The molecule has 2 rings (SSSR count). The zero-order valence-corrected chi connectivity index (χ0v) is 10.8. The van der Waals surface area contributed by atoms with Crippen LogP contribution in [0.5, 0.6) is 0 Å². The molecule has 4 heteroatoms. The van der Waals surface area contributed by atoms with Crippen molar-refractivity contribution in [2.45, 2.75) is 25.8 Å². The minimum absolute atomic E-state index is 0.319. The summed E-state index contributed by atoms with van der Waals surface area (Å²) in [6, 6.07) is 7.72. The van der Waals surface area contributed by atoms with Crippen LogP contribution in [0.2, 0.25) is 0 Å². The Labute approximate surface area is 108 Å². The molecule has 1 aromatic carbocycles. The quantitative estimate of drug-likeness (QED) is 0.817. The molecular formula is C14H20N2O2. The lowest BCUT2D eigenvalue weighted by Crippen LogP contribution is -2.45. The van der Waals surface area contributed by atoms with Gasteiger partial charge in [0.2, 0.25) is 0 Å². The average Bonchev–Trinajstić information content (AvgIpc) is 2.39. The number of esters is 1. The lowest BCUT2D eigenvalue weighted by molar-refractivity contribution is -0.144. The third-order valence-corrected chi connectivity index (χ3v) is 3.21. The summed E-state index contributed by atoms with van der Waals surface area (Å²) in [5.74, 6) is -0.319. The highest BCUT2D eigenvalue weighted by Gasteiger charge is 2.22. The molecule has 2 N–H and O–H groups in total. The number of carbonyl (C=O) groups is 1. The number of hydrogen-bond acceptors (Lipinski definition) is 4.